The van der Waals surface area contributed by atoms with Crippen molar-refractivity contribution >= 4 is 0 Å². The lowest BCUT2D eigenvalue weighted by atomic mass is 9.44. The predicted octanol–water partition coefficient (Wildman–Crippen LogP) is 5.85. The fourth-order valence-corrected chi connectivity index (χ4v) is 8.53. The molecule has 31 heavy (non-hydrogen) atoms. The summed E-state index contributed by atoms with van der Waals surface area (Å²) in [4.78, 5) is 9.82. The third-order valence-electron chi connectivity index (χ3n) is 10.6. The van der Waals surface area contributed by atoms with Crippen LogP contribution in [0.15, 0.2) is 36.5 Å². The first-order valence-corrected chi connectivity index (χ1v) is 12.4. The summed E-state index contributed by atoms with van der Waals surface area (Å²) in [6, 6.07) is 10.4. The summed E-state index contributed by atoms with van der Waals surface area (Å²) in [6.45, 7) is 7.09. The molecule has 0 bridgehead atoms. The Hall–Kier alpha value is -1.74. The van der Waals surface area contributed by atoms with E-state index in [1.54, 1.807) is 0 Å². The summed E-state index contributed by atoms with van der Waals surface area (Å²) in [6.07, 6.45) is 11.7. The Balaban J connectivity index is 1.32. The van der Waals surface area contributed by atoms with Crippen molar-refractivity contribution in [3.63, 3.8) is 0 Å². The van der Waals surface area contributed by atoms with Gasteiger partial charge in [-0.2, -0.15) is 0 Å². The number of nitrogens with zero attached hydrogens (tertiary/aromatic N) is 2. The van der Waals surface area contributed by atoms with E-state index in [1.807, 2.05) is 6.07 Å². The third-order valence-corrected chi connectivity index (χ3v) is 10.6. The summed E-state index contributed by atoms with van der Waals surface area (Å²) >= 11 is 0. The van der Waals surface area contributed by atoms with Crippen molar-refractivity contribution in [2.75, 3.05) is 0 Å². The predicted molar refractivity (Wildman–Crippen MR) is 123 cm³/mol. The first-order valence-electron chi connectivity index (χ1n) is 12.4. The molecule has 1 N–H and O–H groups in total. The molecule has 0 spiro atoms. The maximum absolute atomic E-state index is 11.2. The highest BCUT2D eigenvalue weighted by Gasteiger charge is 2.63. The van der Waals surface area contributed by atoms with Crippen LogP contribution in [0.4, 0.5) is 0 Å². The lowest BCUT2D eigenvalue weighted by Gasteiger charge is -2.61. The molecule has 3 heteroatoms. The molecular weight excluding hydrogens is 380 g/mol. The van der Waals surface area contributed by atoms with Crippen LogP contribution in [0.2, 0.25) is 0 Å². The van der Waals surface area contributed by atoms with E-state index in [1.165, 1.54) is 43.4 Å². The molecule has 1 aromatic heterocycles. The topological polar surface area (TPSA) is 46.0 Å². The molecule has 3 fully saturated rings. The second-order valence-electron chi connectivity index (χ2n) is 11.8. The molecule has 2 aromatic rings. The lowest BCUT2D eigenvalue weighted by molar-refractivity contribution is -0.139. The van der Waals surface area contributed by atoms with Crippen LogP contribution in [0.25, 0.3) is 11.4 Å². The van der Waals surface area contributed by atoms with Crippen molar-refractivity contribution in [1.82, 2.24) is 9.97 Å². The lowest BCUT2D eigenvalue weighted by Crippen LogP contribution is -2.56. The number of hydrogen-bond donors (Lipinski definition) is 1. The van der Waals surface area contributed by atoms with Gasteiger partial charge in [0.05, 0.1) is 5.60 Å². The first-order chi connectivity index (χ1) is 14.8. The summed E-state index contributed by atoms with van der Waals surface area (Å²) in [5, 5.41) is 11.2. The van der Waals surface area contributed by atoms with Gasteiger partial charge in [0.1, 0.15) is 0 Å². The van der Waals surface area contributed by atoms with Crippen molar-refractivity contribution in [2.24, 2.45) is 34.5 Å². The number of fused-ring (bicyclic) bond motifs is 6. The number of benzene rings is 1. The zero-order chi connectivity index (χ0) is 21.4. The van der Waals surface area contributed by atoms with Crippen molar-refractivity contribution in [3.8, 4) is 11.4 Å². The van der Waals surface area contributed by atoms with Crippen LogP contribution in [0, 0.1) is 34.5 Å². The first kappa shape index (κ1) is 19.9. The SMILES string of the molecule is C[C@]12Cc3cnc(-c4ccccc4)nc3C[C@@H]1CC[C@H]1[C@H]2CC[C@]2(C)[C@H]1CC[C@@]2(C)O. The zero-order valence-electron chi connectivity index (χ0n) is 19.3. The third kappa shape index (κ3) is 2.74. The summed E-state index contributed by atoms with van der Waals surface area (Å²) in [7, 11) is 0. The normalized spacial score (nSPS) is 43.5. The van der Waals surface area contributed by atoms with E-state index in [2.05, 4.69) is 51.2 Å². The molecular formula is C28H36N2O. The molecule has 0 unspecified atom stereocenters. The van der Waals surface area contributed by atoms with E-state index in [9.17, 15) is 5.11 Å². The molecule has 164 valence electrons. The molecule has 7 atom stereocenters. The van der Waals surface area contributed by atoms with Crippen LogP contribution < -0.4 is 0 Å². The standard InChI is InChI=1S/C28H36N2O/c1-26-16-19-17-29-25(18-7-5-4-6-8-18)30-24(19)15-20(26)9-10-21-22(26)11-13-27(2)23(21)12-14-28(27,3)31/h4-8,17,20-23,31H,9-16H2,1-3H3/t20-,21-,22+,23-,26-,27+,28+/m0/s1. The van der Waals surface area contributed by atoms with Crippen LogP contribution in [-0.4, -0.2) is 20.7 Å². The maximum atomic E-state index is 11.2. The van der Waals surface area contributed by atoms with Gasteiger partial charge in [-0.15, -0.1) is 0 Å². The Kier molecular flexibility index (Phi) is 4.26. The molecule has 0 amide bonds. The van der Waals surface area contributed by atoms with E-state index in [-0.39, 0.29) is 5.41 Å². The summed E-state index contributed by atoms with van der Waals surface area (Å²) in [5.74, 6) is 3.85. The van der Waals surface area contributed by atoms with Gasteiger partial charge in [-0.05, 0) is 98.4 Å². The minimum Gasteiger partial charge on any atom is -0.390 e. The Bertz CT molecular complexity index is 1000. The second kappa shape index (κ2) is 6.63. The smallest absolute Gasteiger partial charge is 0.159 e. The minimum atomic E-state index is -0.485. The van der Waals surface area contributed by atoms with Crippen LogP contribution in [0.3, 0.4) is 0 Å². The van der Waals surface area contributed by atoms with Gasteiger partial charge in [0.25, 0.3) is 0 Å². The minimum absolute atomic E-state index is 0.109. The fourth-order valence-electron chi connectivity index (χ4n) is 8.53. The largest absolute Gasteiger partial charge is 0.390 e. The van der Waals surface area contributed by atoms with E-state index in [0.29, 0.717) is 11.3 Å². The van der Waals surface area contributed by atoms with Crippen molar-refractivity contribution in [3.05, 3.63) is 47.8 Å². The second-order valence-corrected chi connectivity index (χ2v) is 11.8. The average Bonchev–Trinajstić information content (AvgIpc) is 3.01. The van der Waals surface area contributed by atoms with Gasteiger partial charge < -0.3 is 5.11 Å². The number of rotatable bonds is 1. The van der Waals surface area contributed by atoms with Crippen LogP contribution in [0.5, 0.6) is 0 Å². The number of aliphatic hydroxyl groups is 1. The summed E-state index contributed by atoms with van der Waals surface area (Å²) < 4.78 is 0. The van der Waals surface area contributed by atoms with E-state index in [4.69, 9.17) is 9.97 Å². The summed E-state index contributed by atoms with van der Waals surface area (Å²) in [5.41, 5.74) is 3.76. The van der Waals surface area contributed by atoms with Gasteiger partial charge in [-0.1, -0.05) is 44.2 Å². The molecule has 4 aliphatic carbocycles. The quantitative estimate of drug-likeness (QED) is 0.634. The molecule has 0 radical (unpaired) electrons. The van der Waals surface area contributed by atoms with E-state index in [0.717, 1.165) is 48.4 Å². The highest BCUT2D eigenvalue weighted by molar-refractivity contribution is 5.55. The molecule has 3 saturated carbocycles. The zero-order valence-corrected chi connectivity index (χ0v) is 19.3. The monoisotopic (exact) mass is 416 g/mol. The average molecular weight is 417 g/mol. The molecule has 0 aliphatic heterocycles. The van der Waals surface area contributed by atoms with E-state index >= 15 is 0 Å². The van der Waals surface area contributed by atoms with Crippen LogP contribution >= 0.6 is 0 Å². The molecule has 1 aromatic carbocycles. The van der Waals surface area contributed by atoms with Gasteiger partial charge in [0, 0.05) is 17.5 Å². The van der Waals surface area contributed by atoms with Gasteiger partial charge in [-0.3, -0.25) is 0 Å². The highest BCUT2D eigenvalue weighted by atomic mass is 16.3. The molecule has 1 heterocycles. The maximum Gasteiger partial charge on any atom is 0.159 e. The van der Waals surface area contributed by atoms with Crippen molar-refractivity contribution < 1.29 is 5.11 Å². The van der Waals surface area contributed by atoms with Gasteiger partial charge in [-0.25, -0.2) is 9.97 Å². The highest BCUT2D eigenvalue weighted by Crippen LogP contribution is 2.67. The van der Waals surface area contributed by atoms with Gasteiger partial charge >= 0.3 is 0 Å². The Morgan fingerprint density at radius 3 is 2.52 bits per heavy atom. The Morgan fingerprint density at radius 1 is 0.935 bits per heavy atom. The fraction of sp³-hybridized carbons (Fsp3) is 0.643. The van der Waals surface area contributed by atoms with E-state index < -0.39 is 5.60 Å². The molecule has 0 saturated heterocycles. The van der Waals surface area contributed by atoms with Crippen LogP contribution in [0.1, 0.15) is 70.6 Å². The molecule has 6 rings (SSSR count). The molecule has 4 aliphatic rings. The van der Waals surface area contributed by atoms with Gasteiger partial charge in [0.15, 0.2) is 5.82 Å². The Labute approximate surface area is 186 Å². The van der Waals surface area contributed by atoms with Gasteiger partial charge in [0.2, 0.25) is 0 Å². The Morgan fingerprint density at radius 2 is 1.71 bits per heavy atom. The van der Waals surface area contributed by atoms with Crippen molar-refractivity contribution in [2.45, 2.75) is 77.7 Å². The number of aromatic nitrogens is 2. The number of hydrogen-bond acceptors (Lipinski definition) is 3. The van der Waals surface area contributed by atoms with Crippen molar-refractivity contribution in [1.29, 1.82) is 0 Å². The molecule has 3 nitrogen and oxygen atoms in total. The van der Waals surface area contributed by atoms with Crippen LogP contribution in [-0.2, 0) is 12.8 Å².